The Morgan fingerprint density at radius 3 is 2.71 bits per heavy atom. The minimum Gasteiger partial charge on any atom is -0.336 e. The number of nitrogens with zero attached hydrogens (tertiary/aromatic N) is 1. The summed E-state index contributed by atoms with van der Waals surface area (Å²) < 4.78 is 27.4. The van der Waals surface area contributed by atoms with Gasteiger partial charge in [0.05, 0.1) is 4.90 Å². The highest BCUT2D eigenvalue weighted by atomic mass is 32.2. The Morgan fingerprint density at radius 2 is 2.00 bits per heavy atom. The van der Waals surface area contributed by atoms with Gasteiger partial charge in [-0.25, -0.2) is 13.1 Å². The molecule has 2 heterocycles. The quantitative estimate of drug-likeness (QED) is 0.836. The first-order valence-electron chi connectivity index (χ1n) is 7.68. The second-order valence-corrected chi connectivity index (χ2v) is 8.27. The van der Waals surface area contributed by atoms with Gasteiger partial charge in [0.2, 0.25) is 10.0 Å². The van der Waals surface area contributed by atoms with Crippen LogP contribution in [0.5, 0.6) is 0 Å². The molecule has 0 saturated carbocycles. The van der Waals surface area contributed by atoms with Crippen LogP contribution in [0.1, 0.15) is 15.2 Å². The molecular formula is C16H19N3O3S2. The van der Waals surface area contributed by atoms with Crippen molar-refractivity contribution >= 4 is 27.3 Å². The number of sulfonamides is 1. The van der Waals surface area contributed by atoms with E-state index in [-0.39, 0.29) is 17.3 Å². The molecule has 0 spiro atoms. The van der Waals surface area contributed by atoms with Gasteiger partial charge in [-0.05, 0) is 29.6 Å². The Kier molecular flexibility index (Phi) is 5.30. The molecule has 1 aliphatic rings. The van der Waals surface area contributed by atoms with E-state index in [9.17, 15) is 13.2 Å². The molecule has 0 bridgehead atoms. The standard InChI is InChI=1S/C16H19N3O3S2/c20-16(19-8-6-17-7-9-19)13-3-1-5-15(11-13)24(21,22)18-12-14-4-2-10-23-14/h1-5,10-11,17-18H,6-9,12H2. The fourth-order valence-corrected chi connectivity index (χ4v) is 4.30. The highest BCUT2D eigenvalue weighted by molar-refractivity contribution is 7.89. The maximum absolute atomic E-state index is 12.5. The van der Waals surface area contributed by atoms with Crippen LogP contribution in [-0.4, -0.2) is 45.4 Å². The number of carbonyl (C=O) groups is 1. The van der Waals surface area contributed by atoms with Crippen molar-refractivity contribution in [1.82, 2.24) is 14.9 Å². The van der Waals surface area contributed by atoms with Crippen LogP contribution in [0.25, 0.3) is 0 Å². The average molecular weight is 365 g/mol. The van der Waals surface area contributed by atoms with E-state index in [0.29, 0.717) is 18.7 Å². The lowest BCUT2D eigenvalue weighted by molar-refractivity contribution is 0.0735. The maximum atomic E-state index is 12.5. The third kappa shape index (κ3) is 4.02. The molecule has 1 amide bonds. The molecule has 1 aromatic carbocycles. The SMILES string of the molecule is O=C(c1cccc(S(=O)(=O)NCc2cccs2)c1)N1CCNCC1. The number of hydrogen-bond acceptors (Lipinski definition) is 5. The zero-order chi connectivity index (χ0) is 17.0. The number of thiophene rings is 1. The fraction of sp³-hybridized carbons (Fsp3) is 0.312. The first-order valence-corrected chi connectivity index (χ1v) is 10.0. The van der Waals surface area contributed by atoms with Crippen molar-refractivity contribution in [2.75, 3.05) is 26.2 Å². The summed E-state index contributed by atoms with van der Waals surface area (Å²) in [6.07, 6.45) is 0. The molecule has 0 unspecified atom stereocenters. The van der Waals surface area contributed by atoms with Crippen molar-refractivity contribution in [3.63, 3.8) is 0 Å². The minimum atomic E-state index is -3.65. The van der Waals surface area contributed by atoms with E-state index >= 15 is 0 Å². The minimum absolute atomic E-state index is 0.111. The molecule has 6 nitrogen and oxygen atoms in total. The maximum Gasteiger partial charge on any atom is 0.253 e. The van der Waals surface area contributed by atoms with Crippen LogP contribution < -0.4 is 10.0 Å². The van der Waals surface area contributed by atoms with Crippen LogP contribution in [0.2, 0.25) is 0 Å². The van der Waals surface area contributed by atoms with Gasteiger partial charge in [-0.1, -0.05) is 12.1 Å². The van der Waals surface area contributed by atoms with Crippen molar-refractivity contribution in [3.05, 3.63) is 52.2 Å². The molecule has 8 heteroatoms. The topological polar surface area (TPSA) is 78.5 Å². The van der Waals surface area contributed by atoms with Gasteiger partial charge in [0.15, 0.2) is 0 Å². The van der Waals surface area contributed by atoms with E-state index in [1.54, 1.807) is 17.0 Å². The Labute approximate surface area is 145 Å². The summed E-state index contributed by atoms with van der Waals surface area (Å²) >= 11 is 1.49. The van der Waals surface area contributed by atoms with Crippen LogP contribution in [0.3, 0.4) is 0 Å². The normalized spacial score (nSPS) is 15.4. The van der Waals surface area contributed by atoms with Crippen LogP contribution in [-0.2, 0) is 16.6 Å². The lowest BCUT2D eigenvalue weighted by atomic mass is 10.2. The summed E-state index contributed by atoms with van der Waals surface area (Å²) in [5.41, 5.74) is 0.399. The van der Waals surface area contributed by atoms with Gasteiger partial charge in [-0.2, -0.15) is 0 Å². The molecule has 1 aromatic heterocycles. The van der Waals surface area contributed by atoms with Crippen LogP contribution in [0.15, 0.2) is 46.7 Å². The predicted octanol–water partition coefficient (Wildman–Crippen LogP) is 1.27. The third-order valence-electron chi connectivity index (χ3n) is 3.81. The monoisotopic (exact) mass is 365 g/mol. The number of nitrogens with one attached hydrogen (secondary N) is 2. The van der Waals surface area contributed by atoms with Gasteiger partial charge >= 0.3 is 0 Å². The van der Waals surface area contributed by atoms with E-state index in [1.165, 1.54) is 23.5 Å². The van der Waals surface area contributed by atoms with Gasteiger partial charge in [0.25, 0.3) is 5.91 Å². The molecule has 1 fully saturated rings. The molecular weight excluding hydrogens is 346 g/mol. The number of hydrogen-bond donors (Lipinski definition) is 2. The third-order valence-corrected chi connectivity index (χ3v) is 6.09. The van der Waals surface area contributed by atoms with Gasteiger partial charge in [-0.15, -0.1) is 11.3 Å². The van der Waals surface area contributed by atoms with Crippen LogP contribution >= 0.6 is 11.3 Å². The van der Waals surface area contributed by atoms with Gasteiger partial charge in [0, 0.05) is 43.2 Å². The first-order chi connectivity index (χ1) is 11.6. The lowest BCUT2D eigenvalue weighted by Crippen LogP contribution is -2.46. The second kappa shape index (κ2) is 7.43. The molecule has 2 N–H and O–H groups in total. The second-order valence-electron chi connectivity index (χ2n) is 5.47. The summed E-state index contributed by atoms with van der Waals surface area (Å²) in [6.45, 7) is 3.02. The van der Waals surface area contributed by atoms with Crippen molar-refractivity contribution in [2.45, 2.75) is 11.4 Å². The van der Waals surface area contributed by atoms with E-state index < -0.39 is 10.0 Å². The van der Waals surface area contributed by atoms with Crippen molar-refractivity contribution in [3.8, 4) is 0 Å². The van der Waals surface area contributed by atoms with Crippen LogP contribution in [0, 0.1) is 0 Å². The Balaban J connectivity index is 1.75. The number of amides is 1. The molecule has 24 heavy (non-hydrogen) atoms. The van der Waals surface area contributed by atoms with Crippen molar-refractivity contribution < 1.29 is 13.2 Å². The molecule has 2 aromatic rings. The Hall–Kier alpha value is -1.74. The van der Waals surface area contributed by atoms with Crippen LogP contribution in [0.4, 0.5) is 0 Å². The summed E-state index contributed by atoms with van der Waals surface area (Å²) in [4.78, 5) is 15.3. The molecule has 0 aliphatic carbocycles. The Bertz CT molecular complexity index is 798. The molecule has 0 radical (unpaired) electrons. The molecule has 3 rings (SSSR count). The summed E-state index contributed by atoms with van der Waals surface area (Å²) in [6, 6.07) is 9.96. The van der Waals surface area contributed by atoms with Gasteiger partial charge in [-0.3, -0.25) is 4.79 Å². The first kappa shape index (κ1) is 17.1. The number of carbonyl (C=O) groups excluding carboxylic acids is 1. The Morgan fingerprint density at radius 1 is 1.21 bits per heavy atom. The summed E-state index contributed by atoms with van der Waals surface area (Å²) in [5.74, 6) is -0.133. The van der Waals surface area contributed by atoms with Gasteiger partial charge in [0.1, 0.15) is 0 Å². The number of piperazine rings is 1. The highest BCUT2D eigenvalue weighted by Gasteiger charge is 2.20. The smallest absolute Gasteiger partial charge is 0.253 e. The molecule has 1 saturated heterocycles. The number of rotatable bonds is 5. The van der Waals surface area contributed by atoms with E-state index in [2.05, 4.69) is 10.0 Å². The number of benzene rings is 1. The summed E-state index contributed by atoms with van der Waals surface area (Å²) in [7, 11) is -3.65. The van der Waals surface area contributed by atoms with Gasteiger partial charge < -0.3 is 10.2 Å². The van der Waals surface area contributed by atoms with E-state index in [4.69, 9.17) is 0 Å². The van der Waals surface area contributed by atoms with E-state index in [0.717, 1.165) is 18.0 Å². The molecule has 128 valence electrons. The zero-order valence-electron chi connectivity index (χ0n) is 13.1. The molecule has 0 atom stereocenters. The van der Waals surface area contributed by atoms with Crippen molar-refractivity contribution in [2.24, 2.45) is 0 Å². The molecule has 1 aliphatic heterocycles. The van der Waals surface area contributed by atoms with Crippen molar-refractivity contribution in [1.29, 1.82) is 0 Å². The van der Waals surface area contributed by atoms with E-state index in [1.807, 2.05) is 17.5 Å². The zero-order valence-corrected chi connectivity index (χ0v) is 14.7. The fourth-order valence-electron chi connectivity index (χ4n) is 2.51. The summed E-state index contributed by atoms with van der Waals surface area (Å²) in [5, 5.41) is 5.09. The lowest BCUT2D eigenvalue weighted by Gasteiger charge is -2.27. The average Bonchev–Trinajstić information content (AvgIpc) is 3.14. The largest absolute Gasteiger partial charge is 0.336 e. The predicted molar refractivity (Wildman–Crippen MR) is 93.6 cm³/mol. The highest BCUT2D eigenvalue weighted by Crippen LogP contribution is 2.15.